The lowest BCUT2D eigenvalue weighted by Gasteiger charge is -2.26. The van der Waals surface area contributed by atoms with Gasteiger partial charge in [0.1, 0.15) is 5.82 Å². The Morgan fingerprint density at radius 2 is 2.00 bits per heavy atom. The van der Waals surface area contributed by atoms with Crippen molar-refractivity contribution < 1.29 is 18.3 Å². The molecule has 0 bridgehead atoms. The van der Waals surface area contributed by atoms with Gasteiger partial charge in [0, 0.05) is 13.1 Å². The minimum Gasteiger partial charge on any atom is -0.378 e. The Balaban J connectivity index is 1.85. The molecule has 126 valence electrons. The number of aryl methyl sites for hydroxylation is 1. The van der Waals surface area contributed by atoms with E-state index in [-0.39, 0.29) is 11.4 Å². The predicted octanol–water partition coefficient (Wildman–Crippen LogP) is 2.15. The maximum absolute atomic E-state index is 13.9. The van der Waals surface area contributed by atoms with Crippen molar-refractivity contribution in [1.82, 2.24) is 9.97 Å². The van der Waals surface area contributed by atoms with Crippen molar-refractivity contribution in [2.24, 2.45) is 0 Å². The van der Waals surface area contributed by atoms with Crippen molar-refractivity contribution >= 4 is 17.7 Å². The van der Waals surface area contributed by atoms with Crippen LogP contribution < -0.4 is 10.2 Å². The van der Waals surface area contributed by atoms with Crippen LogP contribution >= 0.6 is 0 Å². The fourth-order valence-electron chi connectivity index (χ4n) is 2.45. The van der Waals surface area contributed by atoms with Crippen molar-refractivity contribution in [3.05, 3.63) is 47.2 Å². The lowest BCUT2D eigenvalue weighted by atomic mass is 10.1. The van der Waals surface area contributed by atoms with Crippen molar-refractivity contribution in [3.63, 3.8) is 0 Å². The SMILES string of the molecule is Cc1cccc(F)c1C(=O)Nc1nc(N2CCOCC2)ncc1F. The first-order valence-electron chi connectivity index (χ1n) is 7.48. The van der Waals surface area contributed by atoms with Gasteiger partial charge < -0.3 is 15.0 Å². The van der Waals surface area contributed by atoms with E-state index >= 15 is 0 Å². The van der Waals surface area contributed by atoms with E-state index in [0.717, 1.165) is 6.20 Å². The number of carbonyl (C=O) groups excluding carboxylic acids is 1. The Hall–Kier alpha value is -2.61. The first-order valence-corrected chi connectivity index (χ1v) is 7.48. The molecule has 6 nitrogen and oxygen atoms in total. The maximum atomic E-state index is 13.9. The largest absolute Gasteiger partial charge is 0.378 e. The van der Waals surface area contributed by atoms with Crippen LogP contribution in [0, 0.1) is 18.6 Å². The summed E-state index contributed by atoms with van der Waals surface area (Å²) in [5, 5.41) is 2.32. The molecule has 1 aromatic heterocycles. The Kier molecular flexibility index (Phi) is 4.66. The normalized spacial score (nSPS) is 14.5. The molecular formula is C16H16F2N4O2. The van der Waals surface area contributed by atoms with Gasteiger partial charge in [-0.25, -0.2) is 13.8 Å². The van der Waals surface area contributed by atoms with Gasteiger partial charge in [-0.15, -0.1) is 0 Å². The molecule has 24 heavy (non-hydrogen) atoms. The zero-order valence-electron chi connectivity index (χ0n) is 13.1. The number of carbonyl (C=O) groups is 1. The molecule has 0 radical (unpaired) electrons. The molecule has 0 saturated carbocycles. The highest BCUT2D eigenvalue weighted by Crippen LogP contribution is 2.19. The van der Waals surface area contributed by atoms with Crippen LogP contribution in [-0.4, -0.2) is 42.2 Å². The number of anilines is 2. The number of ether oxygens (including phenoxy) is 1. The van der Waals surface area contributed by atoms with Crippen LogP contribution in [0.25, 0.3) is 0 Å². The molecule has 1 amide bonds. The predicted molar refractivity (Wildman–Crippen MR) is 84.1 cm³/mol. The van der Waals surface area contributed by atoms with Gasteiger partial charge in [0.05, 0.1) is 25.0 Å². The number of hydrogen-bond donors (Lipinski definition) is 1. The zero-order chi connectivity index (χ0) is 17.1. The Bertz CT molecular complexity index is 743. The highest BCUT2D eigenvalue weighted by molar-refractivity contribution is 6.05. The van der Waals surface area contributed by atoms with Gasteiger partial charge in [-0.3, -0.25) is 4.79 Å². The topological polar surface area (TPSA) is 67.4 Å². The number of rotatable bonds is 3. The van der Waals surface area contributed by atoms with Crippen LogP contribution in [0.4, 0.5) is 20.5 Å². The van der Waals surface area contributed by atoms with Crippen molar-refractivity contribution in [2.45, 2.75) is 6.92 Å². The number of nitrogens with zero attached hydrogens (tertiary/aromatic N) is 3. The third-order valence-electron chi connectivity index (χ3n) is 3.71. The summed E-state index contributed by atoms with van der Waals surface area (Å²) in [5.41, 5.74) is 0.318. The number of amides is 1. The molecule has 2 aromatic rings. The average Bonchev–Trinajstić information content (AvgIpc) is 2.57. The maximum Gasteiger partial charge on any atom is 0.260 e. The number of halogens is 2. The summed E-state index contributed by atoms with van der Waals surface area (Å²) in [6.07, 6.45) is 0.988. The monoisotopic (exact) mass is 334 g/mol. The first-order chi connectivity index (χ1) is 11.6. The van der Waals surface area contributed by atoms with E-state index in [1.54, 1.807) is 13.0 Å². The van der Waals surface area contributed by atoms with E-state index in [0.29, 0.717) is 37.8 Å². The first kappa shape index (κ1) is 16.3. The quantitative estimate of drug-likeness (QED) is 0.932. The zero-order valence-corrected chi connectivity index (χ0v) is 13.1. The Labute approximate surface area is 137 Å². The fourth-order valence-corrected chi connectivity index (χ4v) is 2.45. The summed E-state index contributed by atoms with van der Waals surface area (Å²) in [6, 6.07) is 4.29. The molecule has 8 heteroatoms. The van der Waals surface area contributed by atoms with E-state index in [1.165, 1.54) is 12.1 Å². The fraction of sp³-hybridized carbons (Fsp3) is 0.312. The second kappa shape index (κ2) is 6.88. The molecule has 1 aliphatic rings. The molecule has 1 fully saturated rings. The van der Waals surface area contributed by atoms with Crippen LogP contribution in [0.5, 0.6) is 0 Å². The van der Waals surface area contributed by atoms with Crippen molar-refractivity contribution in [3.8, 4) is 0 Å². The standard InChI is InChI=1S/C16H16F2N4O2/c1-10-3-2-4-11(17)13(10)15(23)20-14-12(18)9-19-16(21-14)22-5-7-24-8-6-22/h2-4,9H,5-8H2,1H3,(H,19,20,21,23). The summed E-state index contributed by atoms with van der Waals surface area (Å²) in [7, 11) is 0. The van der Waals surface area contributed by atoms with E-state index in [4.69, 9.17) is 4.74 Å². The van der Waals surface area contributed by atoms with Crippen LogP contribution in [-0.2, 0) is 4.74 Å². The molecule has 0 unspecified atom stereocenters. The van der Waals surface area contributed by atoms with Gasteiger partial charge in [-0.2, -0.15) is 4.98 Å². The molecule has 2 heterocycles. The van der Waals surface area contributed by atoms with E-state index < -0.39 is 17.5 Å². The molecule has 0 aliphatic carbocycles. The summed E-state index contributed by atoms with van der Waals surface area (Å²) >= 11 is 0. The molecule has 0 spiro atoms. The third kappa shape index (κ3) is 3.33. The molecule has 0 atom stereocenters. The molecule has 1 aromatic carbocycles. The van der Waals surface area contributed by atoms with Crippen LogP contribution in [0.3, 0.4) is 0 Å². The highest BCUT2D eigenvalue weighted by Gasteiger charge is 2.20. The van der Waals surface area contributed by atoms with Crippen LogP contribution in [0.1, 0.15) is 15.9 Å². The third-order valence-corrected chi connectivity index (χ3v) is 3.71. The summed E-state index contributed by atoms with van der Waals surface area (Å²) < 4.78 is 33.0. The molecule has 1 aliphatic heterocycles. The number of morpholine rings is 1. The van der Waals surface area contributed by atoms with Gasteiger partial charge in [-0.05, 0) is 18.6 Å². The highest BCUT2D eigenvalue weighted by atomic mass is 19.1. The Morgan fingerprint density at radius 1 is 1.25 bits per heavy atom. The lowest BCUT2D eigenvalue weighted by molar-refractivity contribution is 0.102. The van der Waals surface area contributed by atoms with E-state index in [1.807, 2.05) is 4.90 Å². The van der Waals surface area contributed by atoms with Gasteiger partial charge in [0.25, 0.3) is 5.91 Å². The average molecular weight is 334 g/mol. The van der Waals surface area contributed by atoms with Crippen molar-refractivity contribution in [2.75, 3.05) is 36.5 Å². The van der Waals surface area contributed by atoms with E-state index in [2.05, 4.69) is 15.3 Å². The van der Waals surface area contributed by atoms with E-state index in [9.17, 15) is 13.6 Å². The van der Waals surface area contributed by atoms with Gasteiger partial charge >= 0.3 is 0 Å². The minimum atomic E-state index is -0.783. The number of aromatic nitrogens is 2. The number of benzene rings is 1. The van der Waals surface area contributed by atoms with Gasteiger partial charge in [0.15, 0.2) is 11.6 Å². The number of nitrogens with one attached hydrogen (secondary N) is 1. The summed E-state index contributed by atoms with van der Waals surface area (Å²) in [4.78, 5) is 22.1. The molecule has 1 saturated heterocycles. The second-order valence-corrected chi connectivity index (χ2v) is 5.35. The molecule has 1 N–H and O–H groups in total. The van der Waals surface area contributed by atoms with Crippen LogP contribution in [0.2, 0.25) is 0 Å². The molecular weight excluding hydrogens is 318 g/mol. The summed E-state index contributed by atoms with van der Waals surface area (Å²) in [5.74, 6) is -2.19. The lowest BCUT2D eigenvalue weighted by Crippen LogP contribution is -2.37. The van der Waals surface area contributed by atoms with Gasteiger partial charge in [0.2, 0.25) is 5.95 Å². The molecule has 3 rings (SSSR count). The smallest absolute Gasteiger partial charge is 0.260 e. The van der Waals surface area contributed by atoms with Gasteiger partial charge in [-0.1, -0.05) is 12.1 Å². The second-order valence-electron chi connectivity index (χ2n) is 5.35. The number of hydrogen-bond acceptors (Lipinski definition) is 5. The summed E-state index contributed by atoms with van der Waals surface area (Å²) in [6.45, 7) is 3.80. The van der Waals surface area contributed by atoms with Crippen LogP contribution in [0.15, 0.2) is 24.4 Å². The minimum absolute atomic E-state index is 0.136. The Morgan fingerprint density at radius 3 is 2.71 bits per heavy atom. The van der Waals surface area contributed by atoms with Crippen molar-refractivity contribution in [1.29, 1.82) is 0 Å².